The lowest BCUT2D eigenvalue weighted by Gasteiger charge is -2.36. The Morgan fingerprint density at radius 3 is 2.56 bits per heavy atom. The molecule has 1 aliphatic heterocycles. The third-order valence-electron chi connectivity index (χ3n) is 5.39. The van der Waals surface area contributed by atoms with Gasteiger partial charge in [-0.05, 0) is 49.6 Å². The van der Waals surface area contributed by atoms with Crippen molar-refractivity contribution in [3.05, 3.63) is 65.1 Å². The van der Waals surface area contributed by atoms with E-state index in [9.17, 15) is 4.79 Å². The van der Waals surface area contributed by atoms with Gasteiger partial charge in [-0.25, -0.2) is 4.98 Å². The summed E-state index contributed by atoms with van der Waals surface area (Å²) in [5, 5.41) is 0. The zero-order valence-electron chi connectivity index (χ0n) is 16.3. The van der Waals surface area contributed by atoms with Crippen molar-refractivity contribution in [2.45, 2.75) is 27.2 Å². The number of carbonyl (C=O) groups is 1. The van der Waals surface area contributed by atoms with Crippen LogP contribution in [0.2, 0.25) is 0 Å². The highest BCUT2D eigenvalue weighted by molar-refractivity contribution is 5.95. The predicted molar refractivity (Wildman–Crippen MR) is 109 cm³/mol. The highest BCUT2D eigenvalue weighted by Gasteiger charge is 2.27. The number of hydrogen-bond donors (Lipinski definition) is 0. The molecule has 1 fully saturated rings. The van der Waals surface area contributed by atoms with E-state index in [0.29, 0.717) is 0 Å². The summed E-state index contributed by atoms with van der Waals surface area (Å²) in [6, 6.07) is 12.6. The first-order chi connectivity index (χ1) is 13.1. The van der Waals surface area contributed by atoms with Crippen LogP contribution in [0.1, 0.15) is 34.2 Å². The molecule has 0 saturated carbocycles. The lowest BCUT2D eigenvalue weighted by molar-refractivity contribution is 0.0738. The van der Waals surface area contributed by atoms with Crippen molar-refractivity contribution in [3.63, 3.8) is 0 Å². The molecule has 1 aromatic carbocycles. The summed E-state index contributed by atoms with van der Waals surface area (Å²) in [7, 11) is 0. The van der Waals surface area contributed by atoms with Crippen LogP contribution < -0.4 is 4.90 Å². The van der Waals surface area contributed by atoms with Gasteiger partial charge in [0.2, 0.25) is 0 Å². The van der Waals surface area contributed by atoms with Gasteiger partial charge in [-0.15, -0.1) is 0 Å². The molecule has 5 nitrogen and oxygen atoms in total. The number of nitrogens with zero attached hydrogens (tertiary/aromatic N) is 4. The summed E-state index contributed by atoms with van der Waals surface area (Å²) in [5.41, 5.74) is 6.09. The Balaban J connectivity index is 1.56. The average Bonchev–Trinajstić information content (AvgIpc) is 3.07. The molecule has 5 heteroatoms. The lowest BCUT2D eigenvalue weighted by atomic mass is 10.1. The minimum Gasteiger partial charge on any atom is -0.368 e. The maximum atomic E-state index is 13.3. The van der Waals surface area contributed by atoms with Crippen molar-refractivity contribution in [1.29, 1.82) is 0 Å². The second kappa shape index (κ2) is 7.06. The Labute approximate surface area is 160 Å². The van der Waals surface area contributed by atoms with Crippen LogP contribution >= 0.6 is 0 Å². The fourth-order valence-corrected chi connectivity index (χ4v) is 3.87. The summed E-state index contributed by atoms with van der Waals surface area (Å²) in [6.07, 6.45) is 2.70. The van der Waals surface area contributed by atoms with Gasteiger partial charge >= 0.3 is 0 Å². The maximum Gasteiger partial charge on any atom is 0.272 e. The Morgan fingerprint density at radius 1 is 1.07 bits per heavy atom. The SMILES string of the molecule is CCc1nc2c(C)cccn2c1C(=O)N1CCN(c2cccc(C)c2)CC1. The molecule has 140 valence electrons. The van der Waals surface area contributed by atoms with Crippen molar-refractivity contribution >= 4 is 17.2 Å². The summed E-state index contributed by atoms with van der Waals surface area (Å²) >= 11 is 0. The topological polar surface area (TPSA) is 40.9 Å². The molecule has 4 rings (SSSR count). The molecule has 2 aromatic heterocycles. The minimum atomic E-state index is 0.0915. The highest BCUT2D eigenvalue weighted by atomic mass is 16.2. The minimum absolute atomic E-state index is 0.0915. The van der Waals surface area contributed by atoms with E-state index in [-0.39, 0.29) is 5.91 Å². The summed E-state index contributed by atoms with van der Waals surface area (Å²) in [5.74, 6) is 0.0915. The largest absolute Gasteiger partial charge is 0.368 e. The number of aryl methyl sites for hydroxylation is 3. The van der Waals surface area contributed by atoms with Crippen molar-refractivity contribution < 1.29 is 4.79 Å². The predicted octanol–water partition coefficient (Wildman–Crippen LogP) is 3.48. The van der Waals surface area contributed by atoms with Crippen LogP contribution in [0.15, 0.2) is 42.6 Å². The van der Waals surface area contributed by atoms with Crippen LogP contribution in [0.5, 0.6) is 0 Å². The van der Waals surface area contributed by atoms with E-state index in [1.165, 1.54) is 11.3 Å². The molecule has 0 atom stereocenters. The molecular weight excluding hydrogens is 336 g/mol. The van der Waals surface area contributed by atoms with Gasteiger partial charge in [0, 0.05) is 38.1 Å². The van der Waals surface area contributed by atoms with Gasteiger partial charge in [-0.2, -0.15) is 0 Å². The van der Waals surface area contributed by atoms with E-state index in [1.54, 1.807) is 0 Å². The third-order valence-corrected chi connectivity index (χ3v) is 5.39. The first-order valence-corrected chi connectivity index (χ1v) is 9.66. The molecule has 0 radical (unpaired) electrons. The van der Waals surface area contributed by atoms with Crippen molar-refractivity contribution in [2.24, 2.45) is 0 Å². The van der Waals surface area contributed by atoms with Gasteiger partial charge in [0.25, 0.3) is 5.91 Å². The highest BCUT2D eigenvalue weighted by Crippen LogP contribution is 2.21. The second-order valence-corrected chi connectivity index (χ2v) is 7.26. The van der Waals surface area contributed by atoms with Crippen molar-refractivity contribution in [3.8, 4) is 0 Å². The molecule has 0 unspecified atom stereocenters. The number of rotatable bonds is 3. The van der Waals surface area contributed by atoms with Crippen molar-refractivity contribution in [1.82, 2.24) is 14.3 Å². The van der Waals surface area contributed by atoms with E-state index < -0.39 is 0 Å². The number of hydrogen-bond acceptors (Lipinski definition) is 3. The first kappa shape index (κ1) is 17.6. The normalized spacial score (nSPS) is 14.8. The Kier molecular flexibility index (Phi) is 4.60. The molecule has 0 aliphatic carbocycles. The van der Waals surface area contributed by atoms with Crippen LogP contribution in [-0.4, -0.2) is 46.4 Å². The van der Waals surface area contributed by atoms with Gasteiger partial charge in [0.05, 0.1) is 5.69 Å². The Hall–Kier alpha value is -2.82. The second-order valence-electron chi connectivity index (χ2n) is 7.26. The molecule has 3 heterocycles. The van der Waals surface area contributed by atoms with E-state index >= 15 is 0 Å². The van der Waals surface area contributed by atoms with Gasteiger partial charge in [-0.3, -0.25) is 9.20 Å². The number of fused-ring (bicyclic) bond motifs is 1. The van der Waals surface area contributed by atoms with Gasteiger partial charge in [0.15, 0.2) is 0 Å². The average molecular weight is 362 g/mol. The Morgan fingerprint density at radius 2 is 1.85 bits per heavy atom. The van der Waals surface area contributed by atoms with Crippen LogP contribution in [0.3, 0.4) is 0 Å². The van der Waals surface area contributed by atoms with Crippen molar-refractivity contribution in [2.75, 3.05) is 31.1 Å². The third kappa shape index (κ3) is 3.18. The van der Waals surface area contributed by atoms with Gasteiger partial charge < -0.3 is 9.80 Å². The monoisotopic (exact) mass is 362 g/mol. The van der Waals surface area contributed by atoms with Gasteiger partial charge in [-0.1, -0.05) is 25.1 Å². The summed E-state index contributed by atoms with van der Waals surface area (Å²) in [4.78, 5) is 22.4. The van der Waals surface area contributed by atoms with Crippen LogP contribution in [-0.2, 0) is 6.42 Å². The summed E-state index contributed by atoms with van der Waals surface area (Å²) in [6.45, 7) is 9.38. The molecule has 1 saturated heterocycles. The first-order valence-electron chi connectivity index (χ1n) is 9.66. The molecule has 0 spiro atoms. The number of imidazole rings is 1. The molecule has 3 aromatic rings. The van der Waals surface area contributed by atoms with E-state index in [1.807, 2.05) is 34.6 Å². The number of piperazine rings is 1. The van der Waals surface area contributed by atoms with E-state index in [2.05, 4.69) is 43.0 Å². The number of aromatic nitrogens is 2. The number of carbonyl (C=O) groups excluding carboxylic acids is 1. The number of pyridine rings is 1. The fourth-order valence-electron chi connectivity index (χ4n) is 3.87. The zero-order valence-corrected chi connectivity index (χ0v) is 16.3. The molecule has 1 aliphatic rings. The maximum absolute atomic E-state index is 13.3. The zero-order chi connectivity index (χ0) is 19.0. The Bertz CT molecular complexity index is 983. The standard InChI is InChI=1S/C22H26N4O/c1-4-19-20(26-10-6-8-17(3)21(26)23-19)22(27)25-13-11-24(12-14-25)18-9-5-7-16(2)15-18/h5-10,15H,4,11-14H2,1-3H3. The molecule has 0 bridgehead atoms. The van der Waals surface area contributed by atoms with E-state index in [0.717, 1.165) is 55.2 Å². The van der Waals surface area contributed by atoms with Crippen LogP contribution in [0.25, 0.3) is 5.65 Å². The quantitative estimate of drug-likeness (QED) is 0.716. The fraction of sp³-hybridized carbons (Fsp3) is 0.364. The molecule has 27 heavy (non-hydrogen) atoms. The molecular formula is C22H26N4O. The number of benzene rings is 1. The van der Waals surface area contributed by atoms with Crippen LogP contribution in [0.4, 0.5) is 5.69 Å². The smallest absolute Gasteiger partial charge is 0.272 e. The van der Waals surface area contributed by atoms with E-state index in [4.69, 9.17) is 4.98 Å². The lowest BCUT2D eigenvalue weighted by Crippen LogP contribution is -2.49. The molecule has 1 amide bonds. The molecule has 0 N–H and O–H groups in total. The number of anilines is 1. The summed E-state index contributed by atoms with van der Waals surface area (Å²) < 4.78 is 1.96. The van der Waals surface area contributed by atoms with Gasteiger partial charge in [0.1, 0.15) is 11.3 Å². The van der Waals surface area contributed by atoms with Crippen LogP contribution in [0, 0.1) is 13.8 Å². The number of amides is 1.